The van der Waals surface area contributed by atoms with Crippen LogP contribution in [0.25, 0.3) is 0 Å². The molecule has 1 aromatic heterocycles. The zero-order valence-corrected chi connectivity index (χ0v) is 24.6. The van der Waals surface area contributed by atoms with Gasteiger partial charge < -0.3 is 16.0 Å². The Morgan fingerprint density at radius 1 is 1.05 bits per heavy atom. The number of sulfonamides is 1. The number of nitrogens with two attached hydrogens (primary N) is 1. The quantitative estimate of drug-likeness (QED) is 0.390. The second-order valence-electron chi connectivity index (χ2n) is 11.6. The van der Waals surface area contributed by atoms with Crippen molar-refractivity contribution < 1.29 is 18.0 Å². The van der Waals surface area contributed by atoms with Gasteiger partial charge in [0.2, 0.25) is 21.8 Å². The number of fused-ring (bicyclic) bond motifs is 1. The average molecular weight is 588 g/mol. The van der Waals surface area contributed by atoms with Gasteiger partial charge in [0.15, 0.2) is 5.13 Å². The van der Waals surface area contributed by atoms with E-state index in [1.54, 1.807) is 17.0 Å². The Hall–Kier alpha value is -2.50. The molecule has 40 heavy (non-hydrogen) atoms. The van der Waals surface area contributed by atoms with Crippen molar-refractivity contribution in [1.82, 2.24) is 19.9 Å². The summed E-state index contributed by atoms with van der Waals surface area (Å²) in [6.07, 6.45) is 9.84. The topological polar surface area (TPSA) is 134 Å². The van der Waals surface area contributed by atoms with Gasteiger partial charge in [0, 0.05) is 18.0 Å². The normalized spacial score (nSPS) is 22.6. The maximum absolute atomic E-state index is 13.9. The van der Waals surface area contributed by atoms with Crippen molar-refractivity contribution in [2.24, 2.45) is 11.8 Å². The third kappa shape index (κ3) is 7.41. The Balaban J connectivity index is 1.23. The minimum atomic E-state index is -3.76. The Morgan fingerprint density at radius 3 is 2.60 bits per heavy atom. The number of amides is 2. The summed E-state index contributed by atoms with van der Waals surface area (Å²) in [5.41, 5.74) is 7.62. The molecule has 5 rings (SSSR count). The lowest BCUT2D eigenvalue weighted by Crippen LogP contribution is -2.54. The highest BCUT2D eigenvalue weighted by atomic mass is 32.2. The number of nitrogens with zero attached hydrogens (tertiary/aromatic N) is 2. The van der Waals surface area contributed by atoms with Crippen molar-refractivity contribution in [2.45, 2.75) is 88.5 Å². The van der Waals surface area contributed by atoms with Crippen LogP contribution >= 0.6 is 11.3 Å². The van der Waals surface area contributed by atoms with Crippen LogP contribution in [0.5, 0.6) is 0 Å². The van der Waals surface area contributed by atoms with E-state index in [0.717, 1.165) is 57.1 Å². The molecular formula is C29H41N5O4S2. The van der Waals surface area contributed by atoms with E-state index in [4.69, 9.17) is 5.73 Å². The van der Waals surface area contributed by atoms with E-state index >= 15 is 0 Å². The Kier molecular flexibility index (Phi) is 9.42. The van der Waals surface area contributed by atoms with Crippen molar-refractivity contribution in [3.05, 3.63) is 46.5 Å². The highest BCUT2D eigenvalue weighted by molar-refractivity contribution is 7.88. The number of likely N-dealkylation sites (tertiary alicyclic amines) is 1. The van der Waals surface area contributed by atoms with E-state index in [-0.39, 0.29) is 17.6 Å². The van der Waals surface area contributed by atoms with Gasteiger partial charge in [-0.25, -0.2) is 18.1 Å². The molecule has 1 aromatic carbocycles. The van der Waals surface area contributed by atoms with E-state index in [1.807, 2.05) is 18.2 Å². The van der Waals surface area contributed by atoms with Crippen molar-refractivity contribution in [3.8, 4) is 0 Å². The molecule has 1 saturated heterocycles. The fraction of sp³-hybridized carbons (Fsp3) is 0.621. The molecule has 218 valence electrons. The number of rotatable bonds is 10. The molecule has 1 saturated carbocycles. The van der Waals surface area contributed by atoms with Crippen molar-refractivity contribution >= 4 is 38.3 Å². The lowest BCUT2D eigenvalue weighted by Gasteiger charge is -2.32. The number of aryl methyl sites for hydroxylation is 1. The molecule has 2 heterocycles. The molecule has 2 amide bonds. The van der Waals surface area contributed by atoms with Gasteiger partial charge in [-0.3, -0.25) is 9.59 Å². The van der Waals surface area contributed by atoms with Crippen molar-refractivity contribution in [2.75, 3.05) is 18.8 Å². The molecular weight excluding hydrogens is 546 g/mol. The lowest BCUT2D eigenvalue weighted by molar-refractivity contribution is -0.140. The number of aromatic nitrogens is 1. The van der Waals surface area contributed by atoms with E-state index < -0.39 is 22.1 Å². The fourth-order valence-corrected chi connectivity index (χ4v) is 8.85. The van der Waals surface area contributed by atoms with Gasteiger partial charge in [-0.1, -0.05) is 62.4 Å². The van der Waals surface area contributed by atoms with Crippen molar-refractivity contribution in [3.63, 3.8) is 0 Å². The largest absolute Gasteiger partial charge is 0.375 e. The summed E-state index contributed by atoms with van der Waals surface area (Å²) in [7, 11) is -3.76. The van der Waals surface area contributed by atoms with Crippen molar-refractivity contribution in [1.29, 1.82) is 0 Å². The molecule has 3 unspecified atom stereocenters. The number of hydrogen-bond donors (Lipinski definition) is 3. The molecule has 2 fully saturated rings. The molecule has 11 heteroatoms. The summed E-state index contributed by atoms with van der Waals surface area (Å²) in [5.74, 6) is 0.00627. The predicted molar refractivity (Wildman–Crippen MR) is 157 cm³/mol. The molecule has 9 nitrogen and oxygen atoms in total. The van der Waals surface area contributed by atoms with Crippen LogP contribution in [0.15, 0.2) is 30.3 Å². The number of anilines is 1. The van der Waals surface area contributed by atoms with E-state index in [1.165, 1.54) is 22.6 Å². The molecule has 2 aliphatic carbocycles. The summed E-state index contributed by atoms with van der Waals surface area (Å²) in [6.45, 7) is 1.01. The smallest absolute Gasteiger partial charge is 0.242 e. The monoisotopic (exact) mass is 587 g/mol. The molecule has 0 spiro atoms. The zero-order valence-electron chi connectivity index (χ0n) is 23.0. The van der Waals surface area contributed by atoms with Crippen LogP contribution in [-0.2, 0) is 38.2 Å². The number of benzene rings is 1. The molecule has 0 radical (unpaired) electrons. The molecule has 3 aliphatic rings. The van der Waals surface area contributed by atoms with E-state index in [0.29, 0.717) is 48.5 Å². The summed E-state index contributed by atoms with van der Waals surface area (Å²) in [6, 6.07) is 7.57. The zero-order chi connectivity index (χ0) is 28.1. The first-order valence-electron chi connectivity index (χ1n) is 14.6. The second kappa shape index (κ2) is 13.0. The standard InChI is InChI=1S/C29H41N5O4S2/c30-29-32-23-14-13-22(17-26(23)39-29)18-31-27(35)25-12-7-15-34(25)28(36)24(16-20-8-3-1-4-9-20)33-40(37,38)19-21-10-5-2-6-11-21/h2,5-6,10-11,20,22,24-25,33H,1,3-4,7-9,12-19H2,(H2,30,32)(H,31,35). The number of nitrogen functional groups attached to an aromatic ring is 1. The fourth-order valence-electron chi connectivity index (χ4n) is 6.51. The minimum Gasteiger partial charge on any atom is -0.375 e. The van der Waals surface area contributed by atoms with Gasteiger partial charge in [-0.15, -0.1) is 11.3 Å². The highest BCUT2D eigenvalue weighted by Gasteiger charge is 2.39. The summed E-state index contributed by atoms with van der Waals surface area (Å²) < 4.78 is 29.1. The van der Waals surface area contributed by atoms with Gasteiger partial charge in [0.25, 0.3) is 0 Å². The number of carbonyl (C=O) groups excluding carboxylic acids is 2. The van der Waals surface area contributed by atoms with Crippen LogP contribution in [0.3, 0.4) is 0 Å². The Morgan fingerprint density at radius 2 is 1.82 bits per heavy atom. The van der Waals surface area contributed by atoms with E-state index in [2.05, 4.69) is 15.0 Å². The van der Waals surface area contributed by atoms with Crippen LogP contribution in [-0.4, -0.2) is 55.3 Å². The molecule has 0 bridgehead atoms. The number of nitrogens with one attached hydrogen (secondary N) is 2. The Bertz CT molecular complexity index is 1280. The molecule has 2 aromatic rings. The van der Waals surface area contributed by atoms with Crippen LogP contribution in [0.1, 0.15) is 73.9 Å². The average Bonchev–Trinajstić information content (AvgIpc) is 3.57. The van der Waals surface area contributed by atoms with Crippen LogP contribution < -0.4 is 15.8 Å². The number of thiazole rings is 1. The summed E-state index contributed by atoms with van der Waals surface area (Å²) in [5, 5.41) is 3.69. The maximum atomic E-state index is 13.9. The first-order chi connectivity index (χ1) is 19.3. The van der Waals surface area contributed by atoms with E-state index in [9.17, 15) is 18.0 Å². The van der Waals surface area contributed by atoms with Gasteiger partial charge >= 0.3 is 0 Å². The molecule has 1 aliphatic heterocycles. The number of carbonyl (C=O) groups is 2. The first kappa shape index (κ1) is 29.0. The third-order valence-corrected chi connectivity index (χ3v) is 10.9. The Labute approximate surface area is 241 Å². The first-order valence-corrected chi connectivity index (χ1v) is 17.1. The lowest BCUT2D eigenvalue weighted by atomic mass is 9.84. The summed E-state index contributed by atoms with van der Waals surface area (Å²) in [4.78, 5) is 34.5. The van der Waals surface area contributed by atoms with Crippen LogP contribution in [0.2, 0.25) is 0 Å². The summed E-state index contributed by atoms with van der Waals surface area (Å²) >= 11 is 1.52. The van der Waals surface area contributed by atoms with Gasteiger partial charge in [0.1, 0.15) is 12.1 Å². The van der Waals surface area contributed by atoms with Gasteiger partial charge in [0.05, 0.1) is 11.4 Å². The molecule has 3 atom stereocenters. The van der Waals surface area contributed by atoms with Crippen LogP contribution in [0.4, 0.5) is 5.13 Å². The van der Waals surface area contributed by atoms with Gasteiger partial charge in [-0.05, 0) is 55.9 Å². The highest BCUT2D eigenvalue weighted by Crippen LogP contribution is 2.31. The second-order valence-corrected chi connectivity index (χ2v) is 14.5. The third-order valence-electron chi connectivity index (χ3n) is 8.57. The molecule has 4 N–H and O–H groups in total. The van der Waals surface area contributed by atoms with Gasteiger partial charge in [-0.2, -0.15) is 0 Å². The predicted octanol–water partition coefficient (Wildman–Crippen LogP) is 3.40. The SMILES string of the molecule is Nc1nc2c(s1)CC(CNC(=O)C1CCCN1C(=O)C(CC1CCCCC1)NS(=O)(=O)Cc1ccccc1)CC2. The minimum absolute atomic E-state index is 0.149. The maximum Gasteiger partial charge on any atom is 0.242 e. The van der Waals surface area contributed by atoms with Crippen LogP contribution in [0, 0.1) is 11.8 Å². The number of hydrogen-bond acceptors (Lipinski definition) is 7.